The fraction of sp³-hybridized carbons (Fsp3) is 0.600. The van der Waals surface area contributed by atoms with Gasteiger partial charge in [0.05, 0.1) is 12.5 Å². The molecule has 148 valence electrons. The maximum absolute atomic E-state index is 13.9. The van der Waals surface area contributed by atoms with Crippen LogP contribution in [0.4, 0.5) is 9.18 Å². The minimum absolute atomic E-state index is 0.0559. The van der Waals surface area contributed by atoms with Crippen LogP contribution in [0.25, 0.3) is 0 Å². The molecular weight excluding hydrogens is 349 g/mol. The topological polar surface area (TPSA) is 53.1 Å². The van der Waals surface area contributed by atoms with Gasteiger partial charge in [0, 0.05) is 44.8 Å². The first kappa shape index (κ1) is 19.6. The maximum Gasteiger partial charge on any atom is 0.409 e. The SMILES string of the molecule is CCOC(=O)N1CCN(C(=O)C2CCCN(Cc3ccccc3F)C2)CC1. The lowest BCUT2D eigenvalue weighted by atomic mass is 9.95. The number of piperazine rings is 1. The van der Waals surface area contributed by atoms with Gasteiger partial charge in [-0.05, 0) is 32.4 Å². The summed E-state index contributed by atoms with van der Waals surface area (Å²) in [6, 6.07) is 6.81. The molecule has 3 rings (SSSR count). The van der Waals surface area contributed by atoms with Gasteiger partial charge in [-0.2, -0.15) is 0 Å². The Morgan fingerprint density at radius 3 is 2.52 bits per heavy atom. The standard InChI is InChI=1S/C20H28FN3O3/c1-2-27-20(26)24-12-10-23(11-13-24)19(25)17-7-5-9-22(15-17)14-16-6-3-4-8-18(16)21/h3-4,6,8,17H,2,5,7,9-15H2,1H3. The monoisotopic (exact) mass is 377 g/mol. The fourth-order valence-corrected chi connectivity index (χ4v) is 3.85. The zero-order chi connectivity index (χ0) is 19.2. The molecule has 0 spiro atoms. The van der Waals surface area contributed by atoms with E-state index in [1.807, 2.05) is 11.0 Å². The number of hydrogen-bond donors (Lipinski definition) is 0. The number of benzene rings is 1. The van der Waals surface area contributed by atoms with Gasteiger partial charge in [0.1, 0.15) is 5.82 Å². The number of ether oxygens (including phenoxy) is 1. The van der Waals surface area contributed by atoms with Crippen molar-refractivity contribution in [1.29, 1.82) is 0 Å². The van der Waals surface area contributed by atoms with Crippen LogP contribution in [0.2, 0.25) is 0 Å². The van der Waals surface area contributed by atoms with Crippen molar-refractivity contribution in [2.75, 3.05) is 45.9 Å². The van der Waals surface area contributed by atoms with Crippen molar-refractivity contribution >= 4 is 12.0 Å². The van der Waals surface area contributed by atoms with Gasteiger partial charge >= 0.3 is 6.09 Å². The molecule has 1 aromatic rings. The molecule has 6 nitrogen and oxygen atoms in total. The smallest absolute Gasteiger partial charge is 0.409 e. The molecule has 2 saturated heterocycles. The van der Waals surface area contributed by atoms with E-state index in [4.69, 9.17) is 4.74 Å². The zero-order valence-corrected chi connectivity index (χ0v) is 15.9. The Hall–Kier alpha value is -2.15. The molecule has 2 fully saturated rings. The largest absolute Gasteiger partial charge is 0.450 e. The van der Waals surface area contributed by atoms with E-state index in [1.54, 1.807) is 24.0 Å². The highest BCUT2D eigenvalue weighted by atomic mass is 19.1. The number of likely N-dealkylation sites (tertiary alicyclic amines) is 1. The van der Waals surface area contributed by atoms with E-state index >= 15 is 0 Å². The molecule has 2 amide bonds. The highest BCUT2D eigenvalue weighted by Gasteiger charge is 2.32. The molecule has 7 heteroatoms. The summed E-state index contributed by atoms with van der Waals surface area (Å²) in [5.74, 6) is -0.0996. The van der Waals surface area contributed by atoms with Crippen molar-refractivity contribution in [3.63, 3.8) is 0 Å². The Kier molecular flexibility index (Phi) is 6.66. The molecule has 0 saturated carbocycles. The molecule has 0 radical (unpaired) electrons. The van der Waals surface area contributed by atoms with Crippen molar-refractivity contribution in [3.05, 3.63) is 35.6 Å². The number of piperidine rings is 1. The van der Waals surface area contributed by atoms with Crippen LogP contribution in [0.3, 0.4) is 0 Å². The normalized spacial score (nSPS) is 21.2. The highest BCUT2D eigenvalue weighted by Crippen LogP contribution is 2.22. The minimum atomic E-state index is -0.307. The molecule has 1 aromatic carbocycles. The van der Waals surface area contributed by atoms with Crippen LogP contribution in [0.1, 0.15) is 25.3 Å². The third-order valence-electron chi connectivity index (χ3n) is 5.32. The number of hydrogen-bond acceptors (Lipinski definition) is 4. The third-order valence-corrected chi connectivity index (χ3v) is 5.32. The second kappa shape index (κ2) is 9.17. The molecule has 0 bridgehead atoms. The van der Waals surface area contributed by atoms with Gasteiger partial charge in [-0.3, -0.25) is 9.69 Å². The van der Waals surface area contributed by atoms with Crippen LogP contribution in [0.15, 0.2) is 24.3 Å². The van der Waals surface area contributed by atoms with Gasteiger partial charge in [0.2, 0.25) is 5.91 Å². The third kappa shape index (κ3) is 4.97. The predicted molar refractivity (Wildman–Crippen MR) is 99.6 cm³/mol. The zero-order valence-electron chi connectivity index (χ0n) is 15.9. The van der Waals surface area contributed by atoms with Gasteiger partial charge in [0.15, 0.2) is 0 Å². The van der Waals surface area contributed by atoms with E-state index in [9.17, 15) is 14.0 Å². The molecule has 0 aliphatic carbocycles. The van der Waals surface area contributed by atoms with E-state index in [1.165, 1.54) is 6.07 Å². The molecule has 2 aliphatic heterocycles. The second-order valence-electron chi connectivity index (χ2n) is 7.18. The Bertz CT molecular complexity index is 662. The molecule has 0 aromatic heterocycles. The lowest BCUT2D eigenvalue weighted by Crippen LogP contribution is -2.53. The number of carbonyl (C=O) groups is 2. The van der Waals surface area contributed by atoms with Crippen molar-refractivity contribution < 1.29 is 18.7 Å². The van der Waals surface area contributed by atoms with Gasteiger partial charge in [0.25, 0.3) is 0 Å². The summed E-state index contributed by atoms with van der Waals surface area (Å²) in [7, 11) is 0. The Balaban J connectivity index is 1.51. The summed E-state index contributed by atoms with van der Waals surface area (Å²) in [6.45, 7) is 6.33. The quantitative estimate of drug-likeness (QED) is 0.808. The first-order valence-electron chi connectivity index (χ1n) is 9.74. The number of carbonyl (C=O) groups excluding carboxylic acids is 2. The predicted octanol–water partition coefficient (Wildman–Crippen LogP) is 2.34. The summed E-state index contributed by atoms with van der Waals surface area (Å²) >= 11 is 0. The second-order valence-corrected chi connectivity index (χ2v) is 7.18. The van der Waals surface area contributed by atoms with Gasteiger partial charge in [-0.1, -0.05) is 18.2 Å². The minimum Gasteiger partial charge on any atom is -0.450 e. The van der Waals surface area contributed by atoms with Crippen LogP contribution < -0.4 is 0 Å². The van der Waals surface area contributed by atoms with Gasteiger partial charge < -0.3 is 14.5 Å². The lowest BCUT2D eigenvalue weighted by molar-refractivity contribution is -0.139. The average Bonchev–Trinajstić information content (AvgIpc) is 2.70. The van der Waals surface area contributed by atoms with E-state index in [-0.39, 0.29) is 23.7 Å². The van der Waals surface area contributed by atoms with Gasteiger partial charge in [-0.25, -0.2) is 9.18 Å². The summed E-state index contributed by atoms with van der Waals surface area (Å²) in [5.41, 5.74) is 0.675. The van der Waals surface area contributed by atoms with Crippen molar-refractivity contribution in [3.8, 4) is 0 Å². The number of halogens is 1. The van der Waals surface area contributed by atoms with Crippen LogP contribution in [0, 0.1) is 11.7 Å². The molecule has 1 unspecified atom stereocenters. The number of amides is 2. The van der Waals surface area contributed by atoms with E-state index < -0.39 is 0 Å². The first-order valence-corrected chi connectivity index (χ1v) is 9.74. The summed E-state index contributed by atoms with van der Waals surface area (Å²) in [6.07, 6.45) is 1.50. The summed E-state index contributed by atoms with van der Waals surface area (Å²) < 4.78 is 18.9. The summed E-state index contributed by atoms with van der Waals surface area (Å²) in [4.78, 5) is 30.4. The number of rotatable bonds is 4. The molecular formula is C20H28FN3O3. The molecule has 0 N–H and O–H groups in total. The Morgan fingerprint density at radius 2 is 1.81 bits per heavy atom. The van der Waals surface area contributed by atoms with Crippen LogP contribution in [0.5, 0.6) is 0 Å². The molecule has 2 aliphatic rings. The fourth-order valence-electron chi connectivity index (χ4n) is 3.85. The van der Waals surface area contributed by atoms with Gasteiger partial charge in [-0.15, -0.1) is 0 Å². The summed E-state index contributed by atoms with van der Waals surface area (Å²) in [5, 5.41) is 0. The number of nitrogens with zero attached hydrogens (tertiary/aromatic N) is 3. The van der Waals surface area contributed by atoms with Crippen LogP contribution in [-0.2, 0) is 16.1 Å². The van der Waals surface area contributed by atoms with E-state index in [0.29, 0.717) is 51.4 Å². The van der Waals surface area contributed by atoms with Crippen molar-refractivity contribution in [2.24, 2.45) is 5.92 Å². The molecule has 1 atom stereocenters. The van der Waals surface area contributed by atoms with Crippen LogP contribution in [-0.4, -0.2) is 72.6 Å². The maximum atomic E-state index is 13.9. The first-order chi connectivity index (χ1) is 13.1. The van der Waals surface area contributed by atoms with E-state index in [0.717, 1.165) is 19.4 Å². The lowest BCUT2D eigenvalue weighted by Gasteiger charge is -2.38. The van der Waals surface area contributed by atoms with E-state index in [2.05, 4.69) is 4.90 Å². The Labute approximate surface area is 159 Å². The molecule has 2 heterocycles. The van der Waals surface area contributed by atoms with Crippen molar-refractivity contribution in [2.45, 2.75) is 26.3 Å². The average molecular weight is 377 g/mol. The Morgan fingerprint density at radius 1 is 1.11 bits per heavy atom. The highest BCUT2D eigenvalue weighted by molar-refractivity contribution is 5.79. The van der Waals surface area contributed by atoms with Crippen molar-refractivity contribution in [1.82, 2.24) is 14.7 Å². The molecule has 27 heavy (non-hydrogen) atoms. The van der Waals surface area contributed by atoms with Crippen LogP contribution >= 0.6 is 0 Å².